The van der Waals surface area contributed by atoms with Gasteiger partial charge in [0.1, 0.15) is 0 Å². The quantitative estimate of drug-likeness (QED) is 0.538. The van der Waals surface area contributed by atoms with Crippen LogP contribution in [0.3, 0.4) is 0 Å². The van der Waals surface area contributed by atoms with Crippen LogP contribution in [0.15, 0.2) is 18.2 Å². The Hall–Kier alpha value is -1.20. The summed E-state index contributed by atoms with van der Waals surface area (Å²) in [5.74, 6) is 0. The first-order chi connectivity index (χ1) is 6.18. The van der Waals surface area contributed by atoms with Crippen LogP contribution in [0, 0.1) is 6.57 Å². The van der Waals surface area contributed by atoms with Crippen molar-refractivity contribution in [1.82, 2.24) is 0 Å². The average Bonchev–Trinajstić information content (AvgIpc) is 2.90. The molecule has 2 nitrogen and oxygen atoms in total. The number of anilines is 1. The molecule has 1 aromatic carbocycles. The van der Waals surface area contributed by atoms with Crippen molar-refractivity contribution in [2.75, 3.05) is 5.73 Å². The van der Waals surface area contributed by atoms with Crippen molar-refractivity contribution in [1.29, 1.82) is 0 Å². The third-order valence-electron chi connectivity index (χ3n) is 2.48. The zero-order chi connectivity index (χ0) is 9.47. The first kappa shape index (κ1) is 8.40. The van der Waals surface area contributed by atoms with Crippen molar-refractivity contribution in [2.24, 2.45) is 0 Å². The standard InChI is InChI=1S/C10H9ClN2/c1-13-10(4-5-10)7-2-3-9(12)8(11)6-7/h2-3,6H,4-5,12H2. The number of hydrogen-bond donors (Lipinski definition) is 1. The molecule has 2 N–H and O–H groups in total. The summed E-state index contributed by atoms with van der Waals surface area (Å²) in [6.07, 6.45) is 1.88. The maximum absolute atomic E-state index is 7.08. The van der Waals surface area contributed by atoms with Crippen LogP contribution in [0.25, 0.3) is 4.85 Å². The Kier molecular flexibility index (Phi) is 1.71. The van der Waals surface area contributed by atoms with Crippen molar-refractivity contribution >= 4 is 17.3 Å². The molecule has 0 amide bonds. The van der Waals surface area contributed by atoms with Crippen molar-refractivity contribution in [3.8, 4) is 0 Å². The minimum Gasteiger partial charge on any atom is -0.398 e. The number of benzene rings is 1. The fourth-order valence-corrected chi connectivity index (χ4v) is 1.58. The first-order valence-electron chi connectivity index (χ1n) is 4.12. The number of halogens is 1. The Bertz CT molecular complexity index is 388. The Morgan fingerprint density at radius 3 is 2.62 bits per heavy atom. The number of nitrogen functional groups attached to an aromatic ring is 1. The van der Waals surface area contributed by atoms with Crippen LogP contribution < -0.4 is 5.73 Å². The van der Waals surface area contributed by atoms with Crippen LogP contribution in [0.5, 0.6) is 0 Å². The van der Waals surface area contributed by atoms with E-state index in [1.807, 2.05) is 12.1 Å². The number of nitrogens with two attached hydrogens (primary N) is 1. The highest BCUT2D eigenvalue weighted by atomic mass is 35.5. The van der Waals surface area contributed by atoms with Crippen molar-refractivity contribution < 1.29 is 0 Å². The highest BCUT2D eigenvalue weighted by Gasteiger charge is 2.52. The lowest BCUT2D eigenvalue weighted by Gasteiger charge is -2.04. The lowest BCUT2D eigenvalue weighted by molar-refractivity contribution is 0.885. The van der Waals surface area contributed by atoms with E-state index >= 15 is 0 Å². The highest BCUT2D eigenvalue weighted by molar-refractivity contribution is 6.33. The molecular weight excluding hydrogens is 184 g/mol. The van der Waals surface area contributed by atoms with Crippen LogP contribution in [-0.2, 0) is 5.54 Å². The van der Waals surface area contributed by atoms with E-state index in [4.69, 9.17) is 23.9 Å². The van der Waals surface area contributed by atoms with E-state index in [9.17, 15) is 0 Å². The monoisotopic (exact) mass is 192 g/mol. The van der Waals surface area contributed by atoms with Crippen molar-refractivity contribution in [2.45, 2.75) is 18.4 Å². The molecule has 3 heteroatoms. The second-order valence-corrected chi connectivity index (χ2v) is 3.79. The number of hydrogen-bond acceptors (Lipinski definition) is 1. The molecule has 0 spiro atoms. The highest BCUT2D eigenvalue weighted by Crippen LogP contribution is 2.50. The zero-order valence-electron chi connectivity index (χ0n) is 7.05. The van der Waals surface area contributed by atoms with Gasteiger partial charge in [-0.25, -0.2) is 6.57 Å². The van der Waals surface area contributed by atoms with E-state index in [1.165, 1.54) is 0 Å². The number of nitrogens with zero attached hydrogens (tertiary/aromatic N) is 1. The normalized spacial score (nSPS) is 17.8. The Balaban J connectivity index is 2.44. The molecule has 0 saturated heterocycles. The van der Waals surface area contributed by atoms with Gasteiger partial charge >= 0.3 is 0 Å². The zero-order valence-corrected chi connectivity index (χ0v) is 7.80. The topological polar surface area (TPSA) is 30.4 Å². The maximum atomic E-state index is 7.08. The van der Waals surface area contributed by atoms with Gasteiger partial charge in [-0.05, 0) is 18.2 Å². The van der Waals surface area contributed by atoms with Gasteiger partial charge in [0.25, 0.3) is 5.54 Å². The molecule has 0 atom stereocenters. The molecule has 1 saturated carbocycles. The van der Waals surface area contributed by atoms with E-state index in [-0.39, 0.29) is 5.54 Å². The second-order valence-electron chi connectivity index (χ2n) is 3.38. The van der Waals surface area contributed by atoms with E-state index in [0.717, 1.165) is 18.4 Å². The van der Waals surface area contributed by atoms with Crippen LogP contribution in [0.4, 0.5) is 5.69 Å². The van der Waals surface area contributed by atoms with E-state index in [2.05, 4.69) is 4.85 Å². The fourth-order valence-electron chi connectivity index (χ4n) is 1.40. The van der Waals surface area contributed by atoms with E-state index in [1.54, 1.807) is 6.07 Å². The molecule has 0 heterocycles. The van der Waals surface area contributed by atoms with Crippen molar-refractivity contribution in [3.05, 3.63) is 40.2 Å². The molecule has 1 aromatic rings. The fraction of sp³-hybridized carbons (Fsp3) is 0.300. The molecule has 0 aliphatic heterocycles. The smallest absolute Gasteiger partial charge is 0.258 e. The van der Waals surface area contributed by atoms with Gasteiger partial charge in [0.2, 0.25) is 0 Å². The van der Waals surface area contributed by atoms with Crippen molar-refractivity contribution in [3.63, 3.8) is 0 Å². The lowest BCUT2D eigenvalue weighted by atomic mass is 10.1. The summed E-state index contributed by atoms with van der Waals surface area (Å²) in [4.78, 5) is 3.62. The summed E-state index contributed by atoms with van der Waals surface area (Å²) in [6.45, 7) is 7.08. The van der Waals surface area contributed by atoms with E-state index < -0.39 is 0 Å². The summed E-state index contributed by atoms with van der Waals surface area (Å²) in [5, 5.41) is 0.549. The lowest BCUT2D eigenvalue weighted by Crippen LogP contribution is -2.00. The van der Waals surface area contributed by atoms with Crippen LogP contribution in [0.1, 0.15) is 18.4 Å². The van der Waals surface area contributed by atoms with Gasteiger partial charge in [0.15, 0.2) is 0 Å². The van der Waals surface area contributed by atoms with Crippen LogP contribution >= 0.6 is 11.6 Å². The third kappa shape index (κ3) is 1.26. The van der Waals surface area contributed by atoms with Gasteiger partial charge in [-0.15, -0.1) is 0 Å². The molecule has 2 rings (SSSR count). The Labute approximate surface area is 82.1 Å². The Morgan fingerprint density at radius 1 is 1.46 bits per heavy atom. The largest absolute Gasteiger partial charge is 0.398 e. The Morgan fingerprint density at radius 2 is 2.15 bits per heavy atom. The molecule has 1 fully saturated rings. The summed E-state index contributed by atoms with van der Waals surface area (Å²) in [5.41, 5.74) is 6.88. The van der Waals surface area contributed by atoms with E-state index in [0.29, 0.717) is 10.7 Å². The molecule has 0 bridgehead atoms. The summed E-state index contributed by atoms with van der Waals surface area (Å²) < 4.78 is 0. The van der Waals surface area contributed by atoms with Crippen LogP contribution in [-0.4, -0.2) is 0 Å². The third-order valence-corrected chi connectivity index (χ3v) is 2.80. The molecule has 1 aliphatic carbocycles. The van der Waals surface area contributed by atoms with Crippen LogP contribution in [0.2, 0.25) is 5.02 Å². The second kappa shape index (κ2) is 2.65. The van der Waals surface area contributed by atoms with Gasteiger partial charge in [-0.1, -0.05) is 11.6 Å². The molecule has 13 heavy (non-hydrogen) atoms. The summed E-state index contributed by atoms with van der Waals surface area (Å²) in [6, 6.07) is 5.47. The predicted octanol–water partition coefficient (Wildman–Crippen LogP) is 2.83. The summed E-state index contributed by atoms with van der Waals surface area (Å²) >= 11 is 5.88. The number of rotatable bonds is 1. The van der Waals surface area contributed by atoms with Gasteiger partial charge in [0.05, 0.1) is 10.7 Å². The summed E-state index contributed by atoms with van der Waals surface area (Å²) in [7, 11) is 0. The minimum absolute atomic E-state index is 0.280. The minimum atomic E-state index is -0.280. The van der Waals surface area contributed by atoms with Gasteiger partial charge in [-0.2, -0.15) is 0 Å². The van der Waals surface area contributed by atoms with Gasteiger partial charge in [-0.3, -0.25) is 0 Å². The SMILES string of the molecule is [C-]#[N+]C1(c2ccc(N)c(Cl)c2)CC1. The molecule has 0 radical (unpaired) electrons. The maximum Gasteiger partial charge on any atom is 0.258 e. The molecule has 0 unspecified atom stereocenters. The molecule has 0 aromatic heterocycles. The average molecular weight is 193 g/mol. The van der Waals surface area contributed by atoms with Gasteiger partial charge in [0, 0.05) is 18.4 Å². The van der Waals surface area contributed by atoms with Gasteiger partial charge < -0.3 is 10.6 Å². The molecular formula is C10H9ClN2. The first-order valence-corrected chi connectivity index (χ1v) is 4.50. The molecule has 66 valence electrons. The molecule has 1 aliphatic rings. The predicted molar refractivity (Wildman–Crippen MR) is 53.4 cm³/mol.